The van der Waals surface area contributed by atoms with Gasteiger partial charge in [0.2, 0.25) is 5.91 Å². The summed E-state index contributed by atoms with van der Waals surface area (Å²) < 4.78 is 0. The van der Waals surface area contributed by atoms with Crippen molar-refractivity contribution < 1.29 is 14.7 Å². The first-order chi connectivity index (χ1) is 9.66. The number of pyridine rings is 1. The maximum absolute atomic E-state index is 12.0. The van der Waals surface area contributed by atoms with Crippen molar-refractivity contribution in [3.63, 3.8) is 0 Å². The van der Waals surface area contributed by atoms with Crippen LogP contribution in [0.1, 0.15) is 37.8 Å². The Labute approximate surface area is 118 Å². The molecule has 1 atom stereocenters. The zero-order chi connectivity index (χ0) is 14.4. The summed E-state index contributed by atoms with van der Waals surface area (Å²) in [4.78, 5) is 27.4. The third-order valence-electron chi connectivity index (χ3n) is 3.77. The van der Waals surface area contributed by atoms with Gasteiger partial charge in [0.05, 0.1) is 6.42 Å². The van der Waals surface area contributed by atoms with Gasteiger partial charge in [-0.15, -0.1) is 0 Å². The van der Waals surface area contributed by atoms with E-state index in [0.29, 0.717) is 5.69 Å². The van der Waals surface area contributed by atoms with Crippen molar-refractivity contribution in [3.05, 3.63) is 30.1 Å². The second-order valence-electron chi connectivity index (χ2n) is 5.28. The third kappa shape index (κ3) is 4.05. The number of rotatable bonds is 5. The van der Waals surface area contributed by atoms with Crippen molar-refractivity contribution in [3.8, 4) is 0 Å². The zero-order valence-corrected chi connectivity index (χ0v) is 11.4. The lowest BCUT2D eigenvalue weighted by Gasteiger charge is -2.28. The monoisotopic (exact) mass is 276 g/mol. The van der Waals surface area contributed by atoms with Gasteiger partial charge in [0.25, 0.3) is 0 Å². The quantitative estimate of drug-likeness (QED) is 0.859. The number of carboxylic acid groups (broad SMARTS) is 1. The molecule has 0 spiro atoms. The molecule has 0 radical (unpaired) electrons. The van der Waals surface area contributed by atoms with Gasteiger partial charge in [0.1, 0.15) is 6.04 Å². The van der Waals surface area contributed by atoms with Crippen molar-refractivity contribution in [1.29, 1.82) is 0 Å². The van der Waals surface area contributed by atoms with E-state index < -0.39 is 12.0 Å². The summed E-state index contributed by atoms with van der Waals surface area (Å²) in [5.74, 6) is -1.16. The second-order valence-corrected chi connectivity index (χ2v) is 5.28. The Hall–Kier alpha value is -1.91. The summed E-state index contributed by atoms with van der Waals surface area (Å²) in [5.41, 5.74) is 0.651. The number of nitrogens with one attached hydrogen (secondary N) is 1. The van der Waals surface area contributed by atoms with Crippen LogP contribution in [-0.2, 0) is 16.0 Å². The first kappa shape index (κ1) is 14.5. The van der Waals surface area contributed by atoms with Gasteiger partial charge in [-0.05, 0) is 30.9 Å². The van der Waals surface area contributed by atoms with E-state index in [1.165, 1.54) is 0 Å². The number of carbonyl (C=O) groups excluding carboxylic acids is 1. The molecule has 1 aromatic rings. The van der Waals surface area contributed by atoms with Crippen LogP contribution in [0.4, 0.5) is 0 Å². The smallest absolute Gasteiger partial charge is 0.326 e. The molecule has 1 fully saturated rings. The van der Waals surface area contributed by atoms with Crippen molar-refractivity contribution in [1.82, 2.24) is 10.3 Å². The molecule has 20 heavy (non-hydrogen) atoms. The van der Waals surface area contributed by atoms with E-state index in [4.69, 9.17) is 0 Å². The first-order valence-electron chi connectivity index (χ1n) is 7.09. The highest BCUT2D eigenvalue weighted by molar-refractivity contribution is 5.84. The number of nitrogens with zero attached hydrogens (tertiary/aromatic N) is 1. The summed E-state index contributed by atoms with van der Waals surface area (Å²) in [6, 6.07) is 4.58. The molecule has 2 rings (SSSR count). The summed E-state index contributed by atoms with van der Waals surface area (Å²) in [7, 11) is 0. The van der Waals surface area contributed by atoms with E-state index in [1.54, 1.807) is 18.3 Å². The maximum Gasteiger partial charge on any atom is 0.326 e. The predicted molar refractivity (Wildman–Crippen MR) is 74.1 cm³/mol. The number of amides is 1. The molecule has 1 heterocycles. The van der Waals surface area contributed by atoms with E-state index in [-0.39, 0.29) is 18.2 Å². The summed E-state index contributed by atoms with van der Waals surface area (Å²) in [6.07, 6.45) is 6.75. The Morgan fingerprint density at radius 2 is 2.05 bits per heavy atom. The fraction of sp³-hybridized carbons (Fsp3) is 0.533. The van der Waals surface area contributed by atoms with Gasteiger partial charge in [0.15, 0.2) is 0 Å². The minimum Gasteiger partial charge on any atom is -0.480 e. The molecule has 1 unspecified atom stereocenters. The van der Waals surface area contributed by atoms with Crippen molar-refractivity contribution in [2.75, 3.05) is 0 Å². The molecule has 2 N–H and O–H groups in total. The predicted octanol–water partition coefficient (Wildman–Crippen LogP) is 1.77. The number of hydrogen-bond acceptors (Lipinski definition) is 3. The van der Waals surface area contributed by atoms with Crippen LogP contribution >= 0.6 is 0 Å². The summed E-state index contributed by atoms with van der Waals surface area (Å²) in [6.45, 7) is 0. The highest BCUT2D eigenvalue weighted by Gasteiger charge is 2.30. The third-order valence-corrected chi connectivity index (χ3v) is 3.77. The fourth-order valence-corrected chi connectivity index (χ4v) is 2.74. The molecule has 1 aromatic heterocycles. The maximum atomic E-state index is 12.0. The molecule has 1 aliphatic carbocycles. The van der Waals surface area contributed by atoms with Crippen LogP contribution in [0.25, 0.3) is 0 Å². The average molecular weight is 276 g/mol. The molecule has 5 heteroatoms. The van der Waals surface area contributed by atoms with E-state index >= 15 is 0 Å². The number of aromatic nitrogens is 1. The Balaban J connectivity index is 1.93. The lowest BCUT2D eigenvalue weighted by atomic mass is 9.84. The standard InChI is InChI=1S/C15H20N2O3/c18-13(10-12-8-4-5-9-16-12)17-14(15(19)20)11-6-2-1-3-7-11/h4-5,8-9,11,14H,1-3,6-7,10H2,(H,17,18)(H,19,20). The second kappa shape index (κ2) is 7.03. The molecular weight excluding hydrogens is 256 g/mol. The molecule has 1 saturated carbocycles. The summed E-state index contributed by atoms with van der Waals surface area (Å²) in [5, 5.41) is 12.0. The van der Waals surface area contributed by atoms with Crippen LogP contribution < -0.4 is 5.32 Å². The van der Waals surface area contributed by atoms with Crippen LogP contribution in [-0.4, -0.2) is 28.0 Å². The van der Waals surface area contributed by atoms with E-state index in [2.05, 4.69) is 10.3 Å². The molecule has 108 valence electrons. The SMILES string of the molecule is O=C(Cc1ccccn1)NC(C(=O)O)C1CCCCC1. The lowest BCUT2D eigenvalue weighted by Crippen LogP contribution is -2.47. The molecule has 0 bridgehead atoms. The Kier molecular flexibility index (Phi) is 5.09. The Morgan fingerprint density at radius 1 is 1.30 bits per heavy atom. The molecule has 0 saturated heterocycles. The highest BCUT2D eigenvalue weighted by Crippen LogP contribution is 2.26. The lowest BCUT2D eigenvalue weighted by molar-refractivity contribution is -0.143. The normalized spacial score (nSPS) is 17.4. The zero-order valence-electron chi connectivity index (χ0n) is 11.4. The van der Waals surface area contributed by atoms with Crippen molar-refractivity contribution in [2.45, 2.75) is 44.6 Å². The van der Waals surface area contributed by atoms with Gasteiger partial charge >= 0.3 is 5.97 Å². The minimum absolute atomic E-state index is 0.0499. The van der Waals surface area contributed by atoms with Gasteiger partial charge in [-0.25, -0.2) is 4.79 Å². The summed E-state index contributed by atoms with van der Waals surface area (Å²) >= 11 is 0. The molecular formula is C15H20N2O3. The molecule has 0 aliphatic heterocycles. The van der Waals surface area contributed by atoms with Gasteiger partial charge in [-0.3, -0.25) is 9.78 Å². The minimum atomic E-state index is -0.939. The van der Waals surface area contributed by atoms with E-state index in [0.717, 1.165) is 32.1 Å². The van der Waals surface area contributed by atoms with Crippen LogP contribution in [0, 0.1) is 5.92 Å². The number of carbonyl (C=O) groups is 2. The topological polar surface area (TPSA) is 79.3 Å². The molecule has 1 amide bonds. The van der Waals surface area contributed by atoms with Crippen LogP contribution in [0.15, 0.2) is 24.4 Å². The van der Waals surface area contributed by atoms with E-state index in [1.807, 2.05) is 6.07 Å². The van der Waals surface area contributed by atoms with Crippen LogP contribution in [0.2, 0.25) is 0 Å². The largest absolute Gasteiger partial charge is 0.480 e. The van der Waals surface area contributed by atoms with Crippen molar-refractivity contribution in [2.24, 2.45) is 5.92 Å². The first-order valence-corrected chi connectivity index (χ1v) is 7.09. The number of carboxylic acids is 1. The van der Waals surface area contributed by atoms with Gasteiger partial charge in [0, 0.05) is 11.9 Å². The van der Waals surface area contributed by atoms with Gasteiger partial charge < -0.3 is 10.4 Å². The average Bonchev–Trinajstić information content (AvgIpc) is 2.46. The van der Waals surface area contributed by atoms with Gasteiger partial charge in [-0.1, -0.05) is 25.3 Å². The van der Waals surface area contributed by atoms with Crippen LogP contribution in [0.5, 0.6) is 0 Å². The molecule has 0 aromatic carbocycles. The highest BCUT2D eigenvalue weighted by atomic mass is 16.4. The number of hydrogen-bond donors (Lipinski definition) is 2. The number of aliphatic carboxylic acids is 1. The van der Waals surface area contributed by atoms with Gasteiger partial charge in [-0.2, -0.15) is 0 Å². The van der Waals surface area contributed by atoms with E-state index in [9.17, 15) is 14.7 Å². The molecule has 5 nitrogen and oxygen atoms in total. The molecule has 1 aliphatic rings. The van der Waals surface area contributed by atoms with Crippen molar-refractivity contribution >= 4 is 11.9 Å². The Bertz CT molecular complexity index is 455. The fourth-order valence-electron chi connectivity index (χ4n) is 2.74. The Morgan fingerprint density at radius 3 is 2.65 bits per heavy atom. The van der Waals surface area contributed by atoms with Crippen LogP contribution in [0.3, 0.4) is 0 Å².